The summed E-state index contributed by atoms with van der Waals surface area (Å²) in [6, 6.07) is 11.4. The van der Waals surface area contributed by atoms with Gasteiger partial charge in [-0.2, -0.15) is 4.57 Å². The van der Waals surface area contributed by atoms with Gasteiger partial charge in [0.05, 0.1) is 14.0 Å². The number of hydrogen-bond acceptors (Lipinski definition) is 3. The quantitative estimate of drug-likeness (QED) is 0.142. The van der Waals surface area contributed by atoms with Crippen molar-refractivity contribution in [1.29, 1.82) is 0 Å². The number of aliphatic hydroxyl groups is 1. The van der Waals surface area contributed by atoms with E-state index in [0.717, 1.165) is 43.5 Å². The van der Waals surface area contributed by atoms with E-state index in [2.05, 4.69) is 126 Å². The highest BCUT2D eigenvalue weighted by Crippen LogP contribution is 2.47. The SMILES string of the molecule is C=C/C1=N/C(=C)C2C(CCC(C=CCC)(CNC(=C)O)C1)c1ccccc1-c1cc(CC(C)(C)C)c([Si](C)(C)C)c[n+]12. The van der Waals surface area contributed by atoms with Gasteiger partial charge in [-0.05, 0) is 60.9 Å². The summed E-state index contributed by atoms with van der Waals surface area (Å²) < 4.78 is 2.52. The molecule has 2 aliphatic rings. The molecule has 0 bridgehead atoms. The van der Waals surface area contributed by atoms with E-state index in [9.17, 15) is 5.11 Å². The summed E-state index contributed by atoms with van der Waals surface area (Å²) in [5.74, 6) is 0.213. The molecule has 2 N–H and O–H groups in total. The van der Waals surface area contributed by atoms with Crippen molar-refractivity contribution in [3.05, 3.63) is 97.2 Å². The van der Waals surface area contributed by atoms with E-state index in [-0.39, 0.29) is 28.7 Å². The Hall–Kier alpha value is -3.18. The molecular weight excluding hydrogens is 531 g/mol. The van der Waals surface area contributed by atoms with Gasteiger partial charge in [-0.3, -0.25) is 4.99 Å². The lowest BCUT2D eigenvalue weighted by molar-refractivity contribution is -0.708. The molecule has 3 atom stereocenters. The van der Waals surface area contributed by atoms with Gasteiger partial charge in [-0.25, -0.2) is 0 Å². The summed E-state index contributed by atoms with van der Waals surface area (Å²) in [7, 11) is -1.67. The van der Waals surface area contributed by atoms with E-state index >= 15 is 0 Å². The van der Waals surface area contributed by atoms with Crippen molar-refractivity contribution >= 4 is 19.0 Å². The summed E-state index contributed by atoms with van der Waals surface area (Å²) in [6.45, 7) is 29.6. The van der Waals surface area contributed by atoms with E-state index in [1.54, 1.807) is 0 Å². The summed E-state index contributed by atoms with van der Waals surface area (Å²) in [6.07, 6.45) is 13.5. The molecule has 0 aliphatic carbocycles. The van der Waals surface area contributed by atoms with Gasteiger partial charge < -0.3 is 10.4 Å². The number of nitrogens with zero attached hydrogens (tertiary/aromatic N) is 2. The fourth-order valence-electron chi connectivity index (χ4n) is 6.87. The number of aliphatic hydroxyl groups excluding tert-OH is 1. The monoisotopic (exact) mass is 582 g/mol. The van der Waals surface area contributed by atoms with Crippen molar-refractivity contribution in [2.75, 3.05) is 6.54 Å². The van der Waals surface area contributed by atoms with Crippen molar-refractivity contribution in [3.8, 4) is 11.3 Å². The van der Waals surface area contributed by atoms with Crippen LogP contribution in [-0.2, 0) is 6.42 Å². The van der Waals surface area contributed by atoms with Crippen LogP contribution >= 0.6 is 0 Å². The van der Waals surface area contributed by atoms with Crippen LogP contribution in [0, 0.1) is 10.8 Å². The molecule has 0 saturated carbocycles. The van der Waals surface area contributed by atoms with Gasteiger partial charge in [0.25, 0.3) is 0 Å². The van der Waals surface area contributed by atoms with Crippen LogP contribution in [-0.4, -0.2) is 25.4 Å². The number of fused-ring (bicyclic) bond motifs is 6. The third-order valence-electron chi connectivity index (χ3n) is 8.75. The molecule has 1 aromatic heterocycles. The first-order valence-corrected chi connectivity index (χ1v) is 19.0. The molecular formula is C37H52N3OSi+. The molecule has 224 valence electrons. The fraction of sp³-hybridized carbons (Fsp3) is 0.459. The Kier molecular flexibility index (Phi) is 9.22. The first-order valence-electron chi connectivity index (χ1n) is 15.5. The van der Waals surface area contributed by atoms with Gasteiger partial charge in [0.15, 0.2) is 12.1 Å². The molecule has 2 aliphatic heterocycles. The van der Waals surface area contributed by atoms with E-state index in [1.165, 1.54) is 27.6 Å². The second-order valence-corrected chi connectivity index (χ2v) is 19.7. The molecule has 3 heterocycles. The van der Waals surface area contributed by atoms with Crippen LogP contribution in [0.15, 0.2) is 91.1 Å². The number of aromatic nitrogens is 1. The Balaban J connectivity index is 1.96. The lowest BCUT2D eigenvalue weighted by atomic mass is 9.72. The van der Waals surface area contributed by atoms with E-state index in [0.29, 0.717) is 6.54 Å². The second-order valence-electron chi connectivity index (χ2n) is 14.6. The number of pyridine rings is 1. The Bertz CT molecular complexity index is 1420. The maximum atomic E-state index is 9.99. The average Bonchev–Trinajstić information content (AvgIpc) is 2.96. The summed E-state index contributed by atoms with van der Waals surface area (Å²) in [5.41, 5.74) is 7.19. The highest BCUT2D eigenvalue weighted by atomic mass is 28.3. The van der Waals surface area contributed by atoms with Crippen LogP contribution in [0.25, 0.3) is 11.3 Å². The molecule has 0 saturated heterocycles. The van der Waals surface area contributed by atoms with Gasteiger partial charge in [0.2, 0.25) is 11.7 Å². The maximum absolute atomic E-state index is 9.99. The van der Waals surface area contributed by atoms with Gasteiger partial charge in [0.1, 0.15) is 5.70 Å². The average molecular weight is 583 g/mol. The number of benzene rings is 1. The molecule has 1 aromatic carbocycles. The number of aliphatic imine (C=N–C) groups is 1. The molecule has 0 radical (unpaired) electrons. The van der Waals surface area contributed by atoms with Crippen LogP contribution in [0.2, 0.25) is 19.6 Å². The molecule has 0 amide bonds. The molecule has 2 aromatic rings. The maximum Gasteiger partial charge on any atom is 0.213 e. The highest BCUT2D eigenvalue weighted by molar-refractivity contribution is 6.89. The van der Waals surface area contributed by atoms with Crippen LogP contribution in [0.4, 0.5) is 0 Å². The first kappa shape index (κ1) is 31.7. The normalized spacial score (nSPS) is 23.9. The summed E-state index contributed by atoms with van der Waals surface area (Å²) in [4.78, 5) is 5.22. The first-order chi connectivity index (χ1) is 19.7. The van der Waals surface area contributed by atoms with Crippen molar-refractivity contribution in [1.82, 2.24) is 5.32 Å². The highest BCUT2D eigenvalue weighted by Gasteiger charge is 2.45. The molecule has 5 heteroatoms. The second kappa shape index (κ2) is 12.2. The molecule has 42 heavy (non-hydrogen) atoms. The van der Waals surface area contributed by atoms with E-state index < -0.39 is 8.07 Å². The molecule has 0 fully saturated rings. The zero-order valence-corrected chi connectivity index (χ0v) is 28.1. The third-order valence-corrected chi connectivity index (χ3v) is 10.8. The Morgan fingerprint density at radius 3 is 2.57 bits per heavy atom. The molecule has 4 rings (SSSR count). The summed E-state index contributed by atoms with van der Waals surface area (Å²) >= 11 is 0. The largest absolute Gasteiger partial charge is 0.495 e. The third kappa shape index (κ3) is 6.89. The minimum atomic E-state index is -1.67. The van der Waals surface area contributed by atoms with Crippen molar-refractivity contribution in [3.63, 3.8) is 0 Å². The minimum absolute atomic E-state index is 0.00374. The fourth-order valence-corrected chi connectivity index (χ4v) is 8.52. The van der Waals surface area contributed by atoms with Crippen molar-refractivity contribution in [2.24, 2.45) is 15.8 Å². The topological polar surface area (TPSA) is 48.5 Å². The molecule has 0 spiro atoms. The van der Waals surface area contributed by atoms with Crippen molar-refractivity contribution < 1.29 is 9.67 Å². The van der Waals surface area contributed by atoms with Gasteiger partial charge in [-0.15, -0.1) is 0 Å². The summed E-state index contributed by atoms with van der Waals surface area (Å²) in [5, 5.41) is 14.6. The Morgan fingerprint density at radius 1 is 1.24 bits per heavy atom. The lowest BCUT2D eigenvalue weighted by Gasteiger charge is -2.35. The predicted molar refractivity (Wildman–Crippen MR) is 182 cm³/mol. The van der Waals surface area contributed by atoms with Crippen LogP contribution in [0.5, 0.6) is 0 Å². The zero-order chi connectivity index (χ0) is 30.9. The van der Waals surface area contributed by atoms with Gasteiger partial charge in [0, 0.05) is 40.9 Å². The van der Waals surface area contributed by atoms with Crippen LogP contribution in [0.1, 0.15) is 76.5 Å². The van der Waals surface area contributed by atoms with Crippen molar-refractivity contribution in [2.45, 2.75) is 91.4 Å². The lowest BCUT2D eigenvalue weighted by Crippen LogP contribution is -2.54. The number of hydrogen-bond donors (Lipinski definition) is 2. The molecule has 4 nitrogen and oxygen atoms in total. The molecule has 3 unspecified atom stereocenters. The smallest absolute Gasteiger partial charge is 0.213 e. The van der Waals surface area contributed by atoms with Crippen LogP contribution < -0.4 is 15.1 Å². The number of nitrogens with one attached hydrogen (secondary N) is 1. The Labute approximate surface area is 255 Å². The van der Waals surface area contributed by atoms with Gasteiger partial charge in [-0.1, -0.05) is 90.8 Å². The predicted octanol–water partition coefficient (Wildman–Crippen LogP) is 8.31. The Morgan fingerprint density at radius 2 is 1.95 bits per heavy atom. The van der Waals surface area contributed by atoms with Gasteiger partial charge >= 0.3 is 0 Å². The van der Waals surface area contributed by atoms with E-state index in [4.69, 9.17) is 4.99 Å². The standard InChI is InChI=1S/C37H51N3OSi/c1-11-13-19-37(25-38-27(4)41)20-18-32-30-16-14-15-17-31(30)33-21-28(22-36(5,6)7)34(42(8,9)10)24-40(33)35(32)26(3)39-29(12-2)23-37/h12-17,19,21,24,32,35,38H,2-4,11,18,20,22-23,25H2,1,5-10H3/p+1/b19-13?,39-29-. The number of rotatable bonds is 8. The van der Waals surface area contributed by atoms with Crippen LogP contribution in [0.3, 0.4) is 0 Å². The zero-order valence-electron chi connectivity index (χ0n) is 27.1. The minimum Gasteiger partial charge on any atom is -0.495 e. The van der Waals surface area contributed by atoms with E-state index in [1.807, 2.05) is 6.08 Å². The number of allylic oxidation sites excluding steroid dienone is 3.